The fourth-order valence-corrected chi connectivity index (χ4v) is 4.95. The lowest BCUT2D eigenvalue weighted by atomic mass is 10.2. The molecular formula is C23H26N4O7S. The molecule has 12 heteroatoms. The number of carbonyl (C=O) groups is 1. The Kier molecular flexibility index (Phi) is 6.94. The molecule has 0 unspecified atom stereocenters. The molecule has 0 atom stereocenters. The Balaban J connectivity index is 1.56. The van der Waals surface area contributed by atoms with Gasteiger partial charge in [-0.05, 0) is 42.8 Å². The summed E-state index contributed by atoms with van der Waals surface area (Å²) in [6.45, 7) is 0.363. The van der Waals surface area contributed by atoms with Crippen LogP contribution < -0.4 is 19.1 Å². The molecule has 186 valence electrons. The van der Waals surface area contributed by atoms with Crippen LogP contribution in [0.5, 0.6) is 17.2 Å². The Morgan fingerprint density at radius 1 is 1.03 bits per heavy atom. The normalized spacial score (nSPS) is 14.0. The zero-order chi connectivity index (χ0) is 25.2. The van der Waals surface area contributed by atoms with Crippen LogP contribution in [0, 0.1) is 0 Å². The number of sulfonamides is 1. The van der Waals surface area contributed by atoms with E-state index in [-0.39, 0.29) is 29.1 Å². The maximum absolute atomic E-state index is 13.3. The molecule has 2 aromatic carbocycles. The SMILES string of the molecule is COc1ccc(-c2noc(CN(C)S(=O)(=O)c3ccc(OC)c(N4CCCC4=O)c3)n2)cc1OC. The van der Waals surface area contributed by atoms with Crippen molar-refractivity contribution in [2.75, 3.05) is 39.8 Å². The van der Waals surface area contributed by atoms with Gasteiger partial charge in [-0.1, -0.05) is 5.16 Å². The number of anilines is 1. The highest BCUT2D eigenvalue weighted by atomic mass is 32.2. The van der Waals surface area contributed by atoms with E-state index in [0.717, 1.165) is 4.31 Å². The van der Waals surface area contributed by atoms with E-state index in [2.05, 4.69) is 10.1 Å². The third kappa shape index (κ3) is 4.80. The lowest BCUT2D eigenvalue weighted by Crippen LogP contribution is -2.28. The van der Waals surface area contributed by atoms with E-state index in [0.29, 0.717) is 47.9 Å². The minimum absolute atomic E-state index is 0.0233. The molecule has 0 aliphatic carbocycles. The van der Waals surface area contributed by atoms with Crippen molar-refractivity contribution in [1.82, 2.24) is 14.4 Å². The molecule has 0 saturated carbocycles. The summed E-state index contributed by atoms with van der Waals surface area (Å²) in [5.41, 5.74) is 1.05. The van der Waals surface area contributed by atoms with Crippen LogP contribution in [0.4, 0.5) is 5.69 Å². The maximum atomic E-state index is 13.3. The molecule has 0 spiro atoms. The van der Waals surface area contributed by atoms with E-state index in [1.165, 1.54) is 40.5 Å². The summed E-state index contributed by atoms with van der Waals surface area (Å²) in [7, 11) is 2.02. The average Bonchev–Trinajstić information content (AvgIpc) is 3.51. The van der Waals surface area contributed by atoms with Crippen LogP contribution in [-0.4, -0.2) is 63.7 Å². The fourth-order valence-electron chi connectivity index (χ4n) is 3.81. The Morgan fingerprint density at radius 2 is 1.74 bits per heavy atom. The number of hydrogen-bond donors (Lipinski definition) is 0. The summed E-state index contributed by atoms with van der Waals surface area (Å²) in [6, 6.07) is 9.60. The van der Waals surface area contributed by atoms with Crippen molar-refractivity contribution in [3.63, 3.8) is 0 Å². The van der Waals surface area contributed by atoms with E-state index >= 15 is 0 Å². The minimum atomic E-state index is -3.93. The molecule has 0 bridgehead atoms. The highest BCUT2D eigenvalue weighted by molar-refractivity contribution is 7.89. The summed E-state index contributed by atoms with van der Waals surface area (Å²) >= 11 is 0. The van der Waals surface area contributed by atoms with Crippen LogP contribution in [0.25, 0.3) is 11.4 Å². The number of rotatable bonds is 9. The highest BCUT2D eigenvalue weighted by Gasteiger charge is 2.29. The number of aromatic nitrogens is 2. The van der Waals surface area contributed by atoms with Crippen LogP contribution in [0.1, 0.15) is 18.7 Å². The number of nitrogens with zero attached hydrogens (tertiary/aromatic N) is 4. The van der Waals surface area contributed by atoms with Gasteiger partial charge in [-0.3, -0.25) is 4.79 Å². The van der Waals surface area contributed by atoms with Gasteiger partial charge < -0.3 is 23.6 Å². The van der Waals surface area contributed by atoms with E-state index in [1.54, 1.807) is 29.2 Å². The molecule has 2 heterocycles. The maximum Gasteiger partial charge on any atom is 0.243 e. The van der Waals surface area contributed by atoms with Gasteiger partial charge >= 0.3 is 0 Å². The molecule has 1 aromatic heterocycles. The van der Waals surface area contributed by atoms with Gasteiger partial charge in [-0.15, -0.1) is 0 Å². The average molecular weight is 503 g/mol. The second kappa shape index (κ2) is 9.92. The topological polar surface area (TPSA) is 124 Å². The first-order chi connectivity index (χ1) is 16.8. The summed E-state index contributed by atoms with van der Waals surface area (Å²) in [5, 5.41) is 3.96. The van der Waals surface area contributed by atoms with Crippen LogP contribution in [-0.2, 0) is 21.4 Å². The molecule has 1 aliphatic rings. The predicted molar refractivity (Wildman–Crippen MR) is 126 cm³/mol. The zero-order valence-electron chi connectivity index (χ0n) is 19.8. The van der Waals surface area contributed by atoms with Gasteiger partial charge in [0, 0.05) is 25.6 Å². The van der Waals surface area contributed by atoms with Crippen LogP contribution in [0.2, 0.25) is 0 Å². The van der Waals surface area contributed by atoms with Crippen molar-refractivity contribution < 1.29 is 31.9 Å². The predicted octanol–water partition coefficient (Wildman–Crippen LogP) is 2.71. The zero-order valence-corrected chi connectivity index (χ0v) is 20.7. The number of methoxy groups -OCH3 is 3. The number of benzene rings is 2. The first-order valence-electron chi connectivity index (χ1n) is 10.8. The summed E-state index contributed by atoms with van der Waals surface area (Å²) in [4.78, 5) is 18.1. The lowest BCUT2D eigenvalue weighted by Gasteiger charge is -2.21. The Bertz CT molecular complexity index is 1340. The quantitative estimate of drug-likeness (QED) is 0.434. The van der Waals surface area contributed by atoms with Gasteiger partial charge in [0.2, 0.25) is 27.6 Å². The van der Waals surface area contributed by atoms with E-state index in [4.69, 9.17) is 18.7 Å². The molecule has 0 N–H and O–H groups in total. The summed E-state index contributed by atoms with van der Waals surface area (Å²) in [6.07, 6.45) is 1.12. The van der Waals surface area contributed by atoms with Crippen molar-refractivity contribution in [3.8, 4) is 28.6 Å². The minimum Gasteiger partial charge on any atom is -0.495 e. The molecule has 1 aliphatic heterocycles. The Morgan fingerprint density at radius 3 is 2.40 bits per heavy atom. The standard InChI is InChI=1S/C23H26N4O7S/c1-26(14-21-24-23(25-34-21)15-7-9-19(32-3)20(12-15)33-4)35(29,30)16-8-10-18(31-2)17(13-16)27-11-5-6-22(27)28/h7-10,12-13H,5-6,11,14H2,1-4H3. The largest absolute Gasteiger partial charge is 0.495 e. The third-order valence-electron chi connectivity index (χ3n) is 5.69. The number of carbonyl (C=O) groups excluding carboxylic acids is 1. The van der Waals surface area contributed by atoms with Crippen LogP contribution in [0.3, 0.4) is 0 Å². The number of ether oxygens (including phenoxy) is 3. The molecule has 3 aromatic rings. The van der Waals surface area contributed by atoms with Gasteiger partial charge in [0.25, 0.3) is 0 Å². The first kappa shape index (κ1) is 24.5. The van der Waals surface area contributed by atoms with E-state index in [9.17, 15) is 13.2 Å². The second-order valence-corrected chi connectivity index (χ2v) is 9.87. The number of hydrogen-bond acceptors (Lipinski definition) is 9. The molecule has 11 nitrogen and oxygen atoms in total. The van der Waals surface area contributed by atoms with Gasteiger partial charge in [0.15, 0.2) is 11.5 Å². The van der Waals surface area contributed by atoms with Crippen molar-refractivity contribution >= 4 is 21.6 Å². The van der Waals surface area contributed by atoms with Gasteiger partial charge in [-0.25, -0.2) is 8.42 Å². The van der Waals surface area contributed by atoms with Crippen molar-refractivity contribution in [1.29, 1.82) is 0 Å². The van der Waals surface area contributed by atoms with Crippen molar-refractivity contribution in [2.24, 2.45) is 0 Å². The molecule has 0 radical (unpaired) electrons. The summed E-state index contributed by atoms with van der Waals surface area (Å²) < 4.78 is 48.8. The fraction of sp³-hybridized carbons (Fsp3) is 0.348. The first-order valence-corrected chi connectivity index (χ1v) is 12.2. The van der Waals surface area contributed by atoms with Gasteiger partial charge in [0.1, 0.15) is 5.75 Å². The van der Waals surface area contributed by atoms with Crippen molar-refractivity contribution in [2.45, 2.75) is 24.3 Å². The van der Waals surface area contributed by atoms with E-state index in [1.807, 2.05) is 0 Å². The smallest absolute Gasteiger partial charge is 0.243 e. The molecule has 4 rings (SSSR count). The second-order valence-electron chi connectivity index (χ2n) is 7.83. The lowest BCUT2D eigenvalue weighted by molar-refractivity contribution is -0.117. The van der Waals surface area contributed by atoms with Crippen LogP contribution >= 0.6 is 0 Å². The third-order valence-corrected chi connectivity index (χ3v) is 7.49. The van der Waals surface area contributed by atoms with Gasteiger partial charge in [-0.2, -0.15) is 9.29 Å². The van der Waals surface area contributed by atoms with Crippen LogP contribution in [0.15, 0.2) is 45.8 Å². The molecule has 1 amide bonds. The highest BCUT2D eigenvalue weighted by Crippen LogP contribution is 2.35. The van der Waals surface area contributed by atoms with Gasteiger partial charge in [0.05, 0.1) is 38.5 Å². The van der Waals surface area contributed by atoms with Crippen molar-refractivity contribution in [3.05, 3.63) is 42.3 Å². The molecule has 1 saturated heterocycles. The molecule has 1 fully saturated rings. The molecular weight excluding hydrogens is 476 g/mol. The van der Waals surface area contributed by atoms with E-state index < -0.39 is 10.0 Å². The molecule has 35 heavy (non-hydrogen) atoms. The Labute approximate surface area is 203 Å². The monoisotopic (exact) mass is 502 g/mol. The summed E-state index contributed by atoms with van der Waals surface area (Å²) in [5.74, 6) is 1.82. The Hall–Kier alpha value is -3.64. The number of amides is 1.